The number of hydrogen-bond acceptors (Lipinski definition) is 1. The Morgan fingerprint density at radius 2 is 0.968 bits per heavy atom. The minimum absolute atomic E-state index is 0.951. The van der Waals surface area contributed by atoms with E-state index in [2.05, 4.69) is 117 Å². The van der Waals surface area contributed by atoms with Crippen molar-refractivity contribution in [2.24, 2.45) is 0 Å². The fraction of sp³-hybridized carbons (Fsp3) is 0.0714. The summed E-state index contributed by atoms with van der Waals surface area (Å²) in [5.74, 6) is 0. The van der Waals surface area contributed by atoms with Crippen molar-refractivity contribution in [3.8, 4) is 0 Å². The summed E-state index contributed by atoms with van der Waals surface area (Å²) in [4.78, 5) is 3.30. The Hall–Kier alpha value is -3.91. The van der Waals surface area contributed by atoms with Gasteiger partial charge < -0.3 is 4.90 Å². The van der Waals surface area contributed by atoms with E-state index in [0.717, 1.165) is 22.6 Å². The van der Waals surface area contributed by atoms with Crippen LogP contribution in [0.3, 0.4) is 0 Å². The largest absolute Gasteiger partial charge is 0.357 e. The summed E-state index contributed by atoms with van der Waals surface area (Å²) >= 11 is 0. The van der Waals surface area contributed by atoms with Gasteiger partial charge in [0.2, 0.25) is 0 Å². The SMILES string of the molecule is CN1C=CC(=CC=C2C=CC(=[N+]=C3C=CC(=CC=C4C=C[NH+](C)C=C4)C=C3)C=C2)C=C1. The van der Waals surface area contributed by atoms with Crippen molar-refractivity contribution in [2.45, 2.75) is 0 Å². The fourth-order valence-electron chi connectivity index (χ4n) is 3.16. The third kappa shape index (κ3) is 6.03. The van der Waals surface area contributed by atoms with E-state index in [-0.39, 0.29) is 0 Å². The van der Waals surface area contributed by atoms with Crippen LogP contribution in [0.4, 0.5) is 0 Å². The average molecular weight is 406 g/mol. The Balaban J connectivity index is 1.40. The maximum atomic E-state index is 4.73. The van der Waals surface area contributed by atoms with E-state index in [4.69, 9.17) is 4.67 Å². The van der Waals surface area contributed by atoms with Crippen molar-refractivity contribution in [3.63, 3.8) is 0 Å². The van der Waals surface area contributed by atoms with Crippen LogP contribution < -0.4 is 9.57 Å². The number of nitrogens with zero attached hydrogens (tertiary/aromatic N) is 2. The van der Waals surface area contributed by atoms with Crippen molar-refractivity contribution in [2.75, 3.05) is 14.1 Å². The summed E-state index contributed by atoms with van der Waals surface area (Å²) in [5.41, 5.74) is 6.61. The fourth-order valence-corrected chi connectivity index (χ4v) is 3.16. The quantitative estimate of drug-likeness (QED) is 0.699. The smallest absolute Gasteiger partial charge is 0.328 e. The molecule has 4 rings (SSSR count). The van der Waals surface area contributed by atoms with E-state index in [0.29, 0.717) is 0 Å². The second-order valence-corrected chi connectivity index (χ2v) is 7.67. The number of hydrogen-bond donors (Lipinski definition) is 1. The second kappa shape index (κ2) is 9.73. The molecule has 0 aromatic carbocycles. The zero-order valence-electron chi connectivity index (χ0n) is 17.9. The van der Waals surface area contributed by atoms with Gasteiger partial charge in [0.25, 0.3) is 0 Å². The van der Waals surface area contributed by atoms with Crippen LogP contribution in [-0.2, 0) is 0 Å². The lowest BCUT2D eigenvalue weighted by atomic mass is 10.1. The zero-order chi connectivity index (χ0) is 21.5. The number of rotatable bonds is 2. The maximum Gasteiger partial charge on any atom is 0.328 e. The topological polar surface area (TPSA) is 21.8 Å². The monoisotopic (exact) mass is 405 g/mol. The molecule has 0 unspecified atom stereocenters. The van der Waals surface area contributed by atoms with Gasteiger partial charge in [-0.1, -0.05) is 29.0 Å². The van der Waals surface area contributed by atoms with Crippen LogP contribution in [-0.4, -0.2) is 30.4 Å². The van der Waals surface area contributed by atoms with E-state index in [1.807, 2.05) is 24.3 Å². The Kier molecular flexibility index (Phi) is 6.39. The molecule has 2 aliphatic heterocycles. The van der Waals surface area contributed by atoms with Crippen LogP contribution in [0.2, 0.25) is 0 Å². The van der Waals surface area contributed by atoms with E-state index < -0.39 is 0 Å². The third-order valence-corrected chi connectivity index (χ3v) is 5.06. The summed E-state index contributed by atoms with van der Waals surface area (Å²) < 4.78 is 4.73. The van der Waals surface area contributed by atoms with E-state index in [1.54, 1.807) is 0 Å². The van der Waals surface area contributed by atoms with Crippen LogP contribution >= 0.6 is 0 Å². The highest BCUT2D eigenvalue weighted by atomic mass is 15.1. The molecule has 31 heavy (non-hydrogen) atoms. The number of nitrogens with one attached hydrogen (secondary N) is 1. The molecule has 1 N–H and O–H groups in total. The van der Waals surface area contributed by atoms with Crippen LogP contribution in [0.1, 0.15) is 0 Å². The van der Waals surface area contributed by atoms with Crippen LogP contribution in [0.25, 0.3) is 0 Å². The average Bonchev–Trinajstić information content (AvgIpc) is 2.80. The molecule has 0 aromatic rings. The lowest BCUT2D eigenvalue weighted by Gasteiger charge is -2.11. The molecule has 152 valence electrons. The lowest BCUT2D eigenvalue weighted by molar-refractivity contribution is -0.766. The van der Waals surface area contributed by atoms with Crippen molar-refractivity contribution < 1.29 is 4.90 Å². The first kappa shape index (κ1) is 20.4. The molecule has 0 bridgehead atoms. The van der Waals surface area contributed by atoms with Crippen molar-refractivity contribution in [1.29, 1.82) is 0 Å². The molecule has 2 aliphatic carbocycles. The molecule has 3 heteroatoms. The van der Waals surface area contributed by atoms with Crippen molar-refractivity contribution in [1.82, 2.24) is 9.57 Å². The Morgan fingerprint density at radius 3 is 1.42 bits per heavy atom. The molecule has 0 amide bonds. The van der Waals surface area contributed by atoms with Crippen molar-refractivity contribution in [3.05, 3.63) is 144 Å². The Bertz CT molecular complexity index is 1020. The summed E-state index contributed by atoms with van der Waals surface area (Å²) in [6.45, 7) is 0. The molecule has 4 aliphatic rings. The van der Waals surface area contributed by atoms with E-state index in [9.17, 15) is 0 Å². The first-order valence-electron chi connectivity index (χ1n) is 10.4. The van der Waals surface area contributed by atoms with Gasteiger partial charge in [0, 0.05) is 43.8 Å². The van der Waals surface area contributed by atoms with Gasteiger partial charge in [-0.05, 0) is 70.9 Å². The second-order valence-electron chi connectivity index (χ2n) is 7.67. The van der Waals surface area contributed by atoms with E-state index in [1.165, 1.54) is 16.0 Å². The van der Waals surface area contributed by atoms with Crippen LogP contribution in [0, 0.1) is 0 Å². The molecule has 0 aromatic heterocycles. The minimum Gasteiger partial charge on any atom is -0.357 e. The predicted molar refractivity (Wildman–Crippen MR) is 132 cm³/mol. The highest BCUT2D eigenvalue weighted by molar-refractivity contribution is 6.13. The standard InChI is InChI=1S/C28H26N3/c1-30-19-15-25(16-20-30)5-3-23-7-11-27(12-8-23)29-28-13-9-24(10-14-28)4-6-26-17-21-31(2)22-18-26/h3-22H,1-2H3/q+1/p+1. The van der Waals surface area contributed by atoms with Gasteiger partial charge in [0.15, 0.2) is 0 Å². The molecule has 3 nitrogen and oxygen atoms in total. The van der Waals surface area contributed by atoms with Gasteiger partial charge in [0.1, 0.15) is 0 Å². The molecule has 0 atom stereocenters. The molecule has 2 heterocycles. The van der Waals surface area contributed by atoms with Gasteiger partial charge in [-0.3, -0.25) is 4.90 Å². The third-order valence-electron chi connectivity index (χ3n) is 5.06. The maximum absolute atomic E-state index is 4.73. The van der Waals surface area contributed by atoms with Crippen LogP contribution in [0.5, 0.6) is 0 Å². The van der Waals surface area contributed by atoms with Gasteiger partial charge in [-0.15, -0.1) is 0 Å². The molecule has 0 saturated carbocycles. The lowest BCUT2D eigenvalue weighted by Crippen LogP contribution is -2.99. The first-order valence-corrected chi connectivity index (χ1v) is 10.4. The van der Waals surface area contributed by atoms with Gasteiger partial charge in [-0.2, -0.15) is 0 Å². The van der Waals surface area contributed by atoms with Gasteiger partial charge >= 0.3 is 11.4 Å². The molecule has 0 saturated heterocycles. The molecular formula is C28H27N3+2. The molecular weight excluding hydrogens is 378 g/mol. The zero-order valence-corrected chi connectivity index (χ0v) is 17.9. The Morgan fingerprint density at radius 1 is 0.581 bits per heavy atom. The highest BCUT2D eigenvalue weighted by Gasteiger charge is 2.10. The van der Waals surface area contributed by atoms with Crippen molar-refractivity contribution >= 4 is 11.4 Å². The minimum atomic E-state index is 0.951. The summed E-state index contributed by atoms with van der Waals surface area (Å²) in [7, 11) is 4.12. The highest BCUT2D eigenvalue weighted by Crippen LogP contribution is 2.12. The van der Waals surface area contributed by atoms with Gasteiger partial charge in [-0.25, -0.2) is 0 Å². The van der Waals surface area contributed by atoms with Gasteiger partial charge in [0.05, 0.1) is 19.4 Å². The first-order chi connectivity index (χ1) is 15.1. The predicted octanol–water partition coefficient (Wildman–Crippen LogP) is 3.42. The number of allylic oxidation sites excluding steroid dienone is 20. The molecule has 0 radical (unpaired) electrons. The normalized spacial score (nSPS) is 21.2. The van der Waals surface area contributed by atoms with E-state index >= 15 is 0 Å². The Labute approximate surface area is 184 Å². The summed E-state index contributed by atoms with van der Waals surface area (Å²) in [6.07, 6.45) is 41.9. The number of quaternary nitrogens is 1. The molecule has 0 spiro atoms. The molecule has 0 fully saturated rings. The van der Waals surface area contributed by atoms with Crippen LogP contribution in [0.15, 0.2) is 144 Å². The summed E-state index contributed by atoms with van der Waals surface area (Å²) in [6, 6.07) is 0. The summed E-state index contributed by atoms with van der Waals surface area (Å²) in [5, 5.41) is 0.